The Morgan fingerprint density at radius 2 is 1.61 bits per heavy atom. The van der Waals surface area contributed by atoms with Gasteiger partial charge in [0.25, 0.3) is 5.91 Å². The number of hydrogen-bond donors (Lipinski definition) is 2. The van der Waals surface area contributed by atoms with Gasteiger partial charge in [0, 0.05) is 23.7 Å². The molecule has 0 saturated heterocycles. The largest absolute Gasteiger partial charge is 0.359 e. The molecule has 0 aliphatic rings. The lowest BCUT2D eigenvalue weighted by atomic mass is 10.0. The average Bonchev–Trinajstić information content (AvgIpc) is 2.80. The van der Waals surface area contributed by atoms with E-state index in [1.165, 1.54) is 5.56 Å². The third-order valence-electron chi connectivity index (χ3n) is 5.16. The topological polar surface area (TPSA) is 71.1 Å². The highest BCUT2D eigenvalue weighted by atomic mass is 16.2. The van der Waals surface area contributed by atoms with Crippen LogP contribution in [0.4, 0.5) is 5.69 Å². The molecule has 0 atom stereocenters. The molecule has 0 saturated carbocycles. The number of para-hydroxylation sites is 1. The van der Waals surface area contributed by atoms with Crippen molar-refractivity contribution < 1.29 is 9.59 Å². The fourth-order valence-corrected chi connectivity index (χ4v) is 3.41. The average molecular weight is 409 g/mol. The predicted octanol–water partition coefficient (Wildman–Crippen LogP) is 4.75. The number of aryl methyl sites for hydroxylation is 1. The maximum Gasteiger partial charge on any atom is 0.256 e. The summed E-state index contributed by atoms with van der Waals surface area (Å²) in [6.45, 7) is 2.04. The third kappa shape index (κ3) is 4.61. The first-order valence-corrected chi connectivity index (χ1v) is 10.1. The number of benzene rings is 3. The molecule has 0 radical (unpaired) electrons. The minimum Gasteiger partial charge on any atom is -0.359 e. The lowest BCUT2D eigenvalue weighted by Crippen LogP contribution is -2.19. The van der Waals surface area contributed by atoms with Crippen molar-refractivity contribution in [1.29, 1.82) is 0 Å². The molecule has 4 rings (SSSR count). The molecule has 0 unspecified atom stereocenters. The van der Waals surface area contributed by atoms with E-state index in [9.17, 15) is 9.59 Å². The van der Waals surface area contributed by atoms with Gasteiger partial charge in [-0.3, -0.25) is 9.59 Å². The Balaban J connectivity index is 1.65. The second-order valence-electron chi connectivity index (χ2n) is 7.44. The van der Waals surface area contributed by atoms with Gasteiger partial charge in [0.2, 0.25) is 5.91 Å². The highest BCUT2D eigenvalue weighted by molar-refractivity contribution is 6.13. The number of rotatable bonds is 5. The number of nitrogens with one attached hydrogen (secondary N) is 2. The number of pyridine rings is 1. The zero-order chi connectivity index (χ0) is 21.8. The minimum absolute atomic E-state index is 0.0522. The number of carbonyl (C=O) groups excluding carboxylic acids is 2. The number of nitrogens with zero attached hydrogens (tertiary/aromatic N) is 1. The smallest absolute Gasteiger partial charge is 0.256 e. The molecule has 0 fully saturated rings. The molecule has 154 valence electrons. The van der Waals surface area contributed by atoms with Gasteiger partial charge in [-0.1, -0.05) is 60.2 Å². The van der Waals surface area contributed by atoms with Crippen molar-refractivity contribution in [2.45, 2.75) is 13.3 Å². The molecule has 0 bridgehead atoms. The number of anilines is 1. The summed E-state index contributed by atoms with van der Waals surface area (Å²) in [5.74, 6) is -0.255. The Hall–Kier alpha value is -3.99. The second-order valence-corrected chi connectivity index (χ2v) is 7.44. The van der Waals surface area contributed by atoms with E-state index in [0.717, 1.165) is 27.7 Å². The van der Waals surface area contributed by atoms with Crippen molar-refractivity contribution in [2.75, 3.05) is 12.4 Å². The summed E-state index contributed by atoms with van der Waals surface area (Å²) >= 11 is 0. The van der Waals surface area contributed by atoms with Crippen LogP contribution in [0.5, 0.6) is 0 Å². The van der Waals surface area contributed by atoms with E-state index in [-0.39, 0.29) is 11.8 Å². The van der Waals surface area contributed by atoms with Crippen molar-refractivity contribution in [2.24, 2.45) is 0 Å². The number of hydrogen-bond acceptors (Lipinski definition) is 3. The lowest BCUT2D eigenvalue weighted by Gasteiger charge is -2.11. The lowest BCUT2D eigenvalue weighted by molar-refractivity contribution is -0.119. The first-order valence-electron chi connectivity index (χ1n) is 10.1. The van der Waals surface area contributed by atoms with Crippen molar-refractivity contribution in [3.63, 3.8) is 0 Å². The first kappa shape index (κ1) is 20.3. The third-order valence-corrected chi connectivity index (χ3v) is 5.16. The van der Waals surface area contributed by atoms with Gasteiger partial charge in [-0.2, -0.15) is 0 Å². The summed E-state index contributed by atoms with van der Waals surface area (Å²) in [5, 5.41) is 6.37. The number of carbonyl (C=O) groups is 2. The van der Waals surface area contributed by atoms with Crippen LogP contribution in [0.25, 0.3) is 22.2 Å². The number of likely N-dealkylation sites (N-methyl/N-ethyl adjacent to an activating group) is 1. The maximum absolute atomic E-state index is 13.2. The van der Waals surface area contributed by atoms with Crippen molar-refractivity contribution in [3.05, 3.63) is 95.6 Å². The van der Waals surface area contributed by atoms with Gasteiger partial charge in [-0.05, 0) is 36.8 Å². The van der Waals surface area contributed by atoms with Crippen LogP contribution in [0.3, 0.4) is 0 Å². The molecule has 1 aromatic heterocycles. The normalized spacial score (nSPS) is 10.6. The van der Waals surface area contributed by atoms with Gasteiger partial charge in [-0.15, -0.1) is 0 Å². The summed E-state index contributed by atoms with van der Waals surface area (Å²) in [5.41, 5.74) is 5.77. The molecule has 31 heavy (non-hydrogen) atoms. The van der Waals surface area contributed by atoms with Crippen molar-refractivity contribution >= 4 is 28.4 Å². The van der Waals surface area contributed by atoms with Crippen LogP contribution in [0.1, 0.15) is 21.5 Å². The van der Waals surface area contributed by atoms with Gasteiger partial charge in [-0.25, -0.2) is 4.98 Å². The zero-order valence-corrected chi connectivity index (χ0v) is 17.5. The fraction of sp³-hybridized carbons (Fsp3) is 0.115. The van der Waals surface area contributed by atoms with Gasteiger partial charge in [0.05, 0.1) is 23.2 Å². The standard InChI is InChI=1S/C26H23N3O2/c1-17-7-11-19(12-8-17)24-16-22(21-5-3-4-6-23(21)29-24)26(31)28-20-13-9-18(10-14-20)15-25(30)27-2/h3-14,16H,15H2,1-2H3,(H,27,30)(H,28,31). The van der Waals surface area contributed by atoms with Crippen molar-refractivity contribution in [1.82, 2.24) is 10.3 Å². The van der Waals surface area contributed by atoms with E-state index in [1.54, 1.807) is 19.2 Å². The van der Waals surface area contributed by atoms with Crippen LogP contribution in [0.15, 0.2) is 78.9 Å². The van der Waals surface area contributed by atoms with E-state index in [0.29, 0.717) is 17.7 Å². The predicted molar refractivity (Wildman–Crippen MR) is 124 cm³/mol. The molecule has 4 aromatic rings. The van der Waals surface area contributed by atoms with Crippen LogP contribution in [0, 0.1) is 6.92 Å². The van der Waals surface area contributed by atoms with Gasteiger partial charge in [0.1, 0.15) is 0 Å². The molecule has 3 aromatic carbocycles. The molecule has 2 amide bonds. The van der Waals surface area contributed by atoms with Crippen LogP contribution in [-0.2, 0) is 11.2 Å². The molecule has 2 N–H and O–H groups in total. The van der Waals surface area contributed by atoms with Crippen LogP contribution < -0.4 is 10.6 Å². The highest BCUT2D eigenvalue weighted by Crippen LogP contribution is 2.26. The molecule has 5 heteroatoms. The number of amides is 2. The summed E-state index contributed by atoms with van der Waals surface area (Å²) in [6, 6.07) is 24.9. The zero-order valence-electron chi connectivity index (χ0n) is 17.5. The molecule has 0 aliphatic carbocycles. The van der Waals surface area contributed by atoms with E-state index >= 15 is 0 Å². The molecule has 0 spiro atoms. The summed E-state index contributed by atoms with van der Waals surface area (Å²) in [6.07, 6.45) is 0.305. The molecule has 0 aliphatic heterocycles. The van der Waals surface area contributed by atoms with E-state index < -0.39 is 0 Å². The summed E-state index contributed by atoms with van der Waals surface area (Å²) in [4.78, 5) is 29.5. The monoisotopic (exact) mass is 409 g/mol. The maximum atomic E-state index is 13.2. The SMILES string of the molecule is CNC(=O)Cc1ccc(NC(=O)c2cc(-c3ccc(C)cc3)nc3ccccc23)cc1. The van der Waals surface area contributed by atoms with Gasteiger partial charge in [0.15, 0.2) is 0 Å². The Morgan fingerprint density at radius 1 is 0.903 bits per heavy atom. The summed E-state index contributed by atoms with van der Waals surface area (Å²) < 4.78 is 0. The Morgan fingerprint density at radius 3 is 2.32 bits per heavy atom. The summed E-state index contributed by atoms with van der Waals surface area (Å²) in [7, 11) is 1.61. The van der Waals surface area contributed by atoms with E-state index in [4.69, 9.17) is 4.98 Å². The van der Waals surface area contributed by atoms with Gasteiger partial charge < -0.3 is 10.6 Å². The minimum atomic E-state index is -0.203. The fourth-order valence-electron chi connectivity index (χ4n) is 3.41. The highest BCUT2D eigenvalue weighted by Gasteiger charge is 2.14. The molecule has 1 heterocycles. The molecule has 5 nitrogen and oxygen atoms in total. The van der Waals surface area contributed by atoms with Gasteiger partial charge >= 0.3 is 0 Å². The Kier molecular flexibility index (Phi) is 5.76. The quantitative estimate of drug-likeness (QED) is 0.500. The van der Waals surface area contributed by atoms with Crippen LogP contribution in [-0.4, -0.2) is 23.8 Å². The Bertz CT molecular complexity index is 1250. The van der Waals surface area contributed by atoms with Crippen LogP contribution in [0.2, 0.25) is 0 Å². The Labute approximate surface area is 181 Å². The van der Waals surface area contributed by atoms with Crippen LogP contribution >= 0.6 is 0 Å². The first-order chi connectivity index (χ1) is 15.0. The van der Waals surface area contributed by atoms with E-state index in [2.05, 4.69) is 10.6 Å². The van der Waals surface area contributed by atoms with E-state index in [1.807, 2.05) is 73.7 Å². The molecular formula is C26H23N3O2. The number of fused-ring (bicyclic) bond motifs is 1. The number of aromatic nitrogens is 1. The molecular weight excluding hydrogens is 386 g/mol. The van der Waals surface area contributed by atoms with Crippen molar-refractivity contribution in [3.8, 4) is 11.3 Å². The second kappa shape index (κ2) is 8.79.